The van der Waals surface area contributed by atoms with Gasteiger partial charge in [0.05, 0.1) is 19.3 Å². The molecule has 1 aliphatic heterocycles. The third kappa shape index (κ3) is 2.05. The fourth-order valence-electron chi connectivity index (χ4n) is 2.31. The molecule has 1 aromatic heterocycles. The van der Waals surface area contributed by atoms with Gasteiger partial charge in [-0.2, -0.15) is 0 Å². The van der Waals surface area contributed by atoms with Crippen LogP contribution in [0.3, 0.4) is 0 Å². The molecule has 18 heavy (non-hydrogen) atoms. The highest BCUT2D eigenvalue weighted by Gasteiger charge is 2.28. The van der Waals surface area contributed by atoms with Crippen LogP contribution in [-0.2, 0) is 9.47 Å². The van der Waals surface area contributed by atoms with Crippen LogP contribution in [0, 0.1) is 0 Å². The molecule has 4 nitrogen and oxygen atoms in total. The Bertz CT molecular complexity index is 539. The van der Waals surface area contributed by atoms with Gasteiger partial charge in [-0.05, 0) is 11.5 Å². The number of hydrogen-bond acceptors (Lipinski definition) is 4. The number of nitrogens with zero attached hydrogens (tertiary/aromatic N) is 1. The number of ether oxygens (including phenoxy) is 2. The molecule has 1 aromatic carbocycles. The topological polar surface area (TPSA) is 43.4 Å². The molecule has 3 rings (SSSR count). The third-order valence-corrected chi connectivity index (χ3v) is 3.33. The lowest BCUT2D eigenvalue weighted by Gasteiger charge is -2.19. The summed E-state index contributed by atoms with van der Waals surface area (Å²) in [6.45, 7) is 1.29. The van der Waals surface area contributed by atoms with E-state index < -0.39 is 0 Å². The molecule has 0 radical (unpaired) electrons. The molecule has 2 aromatic rings. The first-order chi connectivity index (χ1) is 8.88. The van der Waals surface area contributed by atoms with E-state index in [4.69, 9.17) is 9.47 Å². The van der Waals surface area contributed by atoms with Crippen molar-refractivity contribution in [1.29, 1.82) is 0 Å². The largest absolute Gasteiger partial charge is 0.377 e. The normalized spacial score (nSPS) is 23.4. The predicted molar refractivity (Wildman–Crippen MR) is 70.8 cm³/mol. The number of hydrogen-bond donors (Lipinski definition) is 1. The van der Waals surface area contributed by atoms with Crippen LogP contribution < -0.4 is 5.32 Å². The summed E-state index contributed by atoms with van der Waals surface area (Å²) in [5.74, 6) is 0.894. The van der Waals surface area contributed by atoms with Crippen molar-refractivity contribution in [3.63, 3.8) is 0 Å². The number of rotatable bonds is 3. The van der Waals surface area contributed by atoms with Gasteiger partial charge >= 0.3 is 0 Å². The van der Waals surface area contributed by atoms with Crippen LogP contribution in [0.2, 0.25) is 0 Å². The molecule has 0 saturated carbocycles. The molecule has 94 valence electrons. The molecule has 4 heteroatoms. The van der Waals surface area contributed by atoms with Gasteiger partial charge in [0.25, 0.3) is 0 Å². The van der Waals surface area contributed by atoms with Crippen LogP contribution in [0.25, 0.3) is 10.8 Å². The third-order valence-electron chi connectivity index (χ3n) is 3.33. The molecule has 1 saturated heterocycles. The van der Waals surface area contributed by atoms with E-state index in [-0.39, 0.29) is 12.1 Å². The molecule has 1 aliphatic rings. The molecule has 0 aliphatic carbocycles. The van der Waals surface area contributed by atoms with Gasteiger partial charge in [-0.3, -0.25) is 0 Å². The van der Waals surface area contributed by atoms with Crippen molar-refractivity contribution in [3.8, 4) is 0 Å². The molecule has 1 fully saturated rings. The summed E-state index contributed by atoms with van der Waals surface area (Å²) in [5.41, 5.74) is 0. The van der Waals surface area contributed by atoms with Gasteiger partial charge < -0.3 is 14.8 Å². The quantitative estimate of drug-likeness (QED) is 0.897. The summed E-state index contributed by atoms with van der Waals surface area (Å²) in [5, 5.41) is 5.73. The van der Waals surface area contributed by atoms with E-state index in [0.717, 1.165) is 11.2 Å². The van der Waals surface area contributed by atoms with E-state index in [1.165, 1.54) is 5.39 Å². The average Bonchev–Trinajstić information content (AvgIpc) is 2.86. The molecular formula is C14H16N2O2. The maximum atomic E-state index is 5.43. The van der Waals surface area contributed by atoms with E-state index in [1.54, 1.807) is 7.11 Å². The molecule has 1 N–H and O–H groups in total. The van der Waals surface area contributed by atoms with Crippen LogP contribution in [0.4, 0.5) is 5.82 Å². The van der Waals surface area contributed by atoms with E-state index in [0.29, 0.717) is 13.2 Å². The van der Waals surface area contributed by atoms with Crippen LogP contribution in [0.15, 0.2) is 36.5 Å². The van der Waals surface area contributed by atoms with E-state index in [9.17, 15) is 0 Å². The summed E-state index contributed by atoms with van der Waals surface area (Å²) < 4.78 is 10.8. The molecular weight excluding hydrogens is 228 g/mol. The minimum atomic E-state index is 0.0887. The van der Waals surface area contributed by atoms with Gasteiger partial charge in [-0.1, -0.05) is 24.3 Å². The number of fused-ring (bicyclic) bond motifs is 1. The Hall–Kier alpha value is -1.65. The fraction of sp³-hybridized carbons (Fsp3) is 0.357. The second kappa shape index (κ2) is 4.92. The highest BCUT2D eigenvalue weighted by Crippen LogP contribution is 2.23. The lowest BCUT2D eigenvalue weighted by molar-refractivity contribution is 0.0795. The molecule has 0 unspecified atom stereocenters. The number of benzene rings is 1. The summed E-state index contributed by atoms with van der Waals surface area (Å²) in [4.78, 5) is 4.42. The second-order valence-corrected chi connectivity index (χ2v) is 4.44. The summed E-state index contributed by atoms with van der Waals surface area (Å²) in [6.07, 6.45) is 1.91. The van der Waals surface area contributed by atoms with Gasteiger partial charge in [0, 0.05) is 18.7 Å². The van der Waals surface area contributed by atoms with Gasteiger partial charge in [0.2, 0.25) is 0 Å². The van der Waals surface area contributed by atoms with E-state index in [2.05, 4.69) is 22.4 Å². The average molecular weight is 244 g/mol. The Morgan fingerprint density at radius 1 is 1.28 bits per heavy atom. The minimum absolute atomic E-state index is 0.0887. The van der Waals surface area contributed by atoms with Crippen LogP contribution in [0.5, 0.6) is 0 Å². The zero-order chi connectivity index (χ0) is 12.4. The Kier molecular flexibility index (Phi) is 3.13. The number of pyridine rings is 1. The minimum Gasteiger partial charge on any atom is -0.377 e. The lowest BCUT2D eigenvalue weighted by atomic mass is 10.1. The Balaban J connectivity index is 1.90. The summed E-state index contributed by atoms with van der Waals surface area (Å²) >= 11 is 0. The summed E-state index contributed by atoms with van der Waals surface area (Å²) in [6, 6.07) is 10.4. The van der Waals surface area contributed by atoms with Crippen molar-refractivity contribution in [2.45, 2.75) is 12.1 Å². The lowest BCUT2D eigenvalue weighted by Crippen LogP contribution is -2.33. The smallest absolute Gasteiger partial charge is 0.134 e. The predicted octanol–water partition coefficient (Wildman–Crippen LogP) is 2.06. The van der Waals surface area contributed by atoms with E-state index in [1.807, 2.05) is 24.4 Å². The molecule has 0 bridgehead atoms. The first kappa shape index (κ1) is 11.4. The Labute approximate surface area is 106 Å². The molecule has 2 heterocycles. The van der Waals surface area contributed by atoms with Crippen molar-refractivity contribution in [3.05, 3.63) is 36.5 Å². The molecule has 0 amide bonds. The van der Waals surface area contributed by atoms with Crippen molar-refractivity contribution >= 4 is 16.6 Å². The Morgan fingerprint density at radius 3 is 3.06 bits per heavy atom. The first-order valence-electron chi connectivity index (χ1n) is 6.09. The number of methoxy groups -OCH3 is 1. The van der Waals surface area contributed by atoms with Gasteiger partial charge in [-0.25, -0.2) is 4.98 Å². The van der Waals surface area contributed by atoms with Crippen LogP contribution in [-0.4, -0.2) is 37.5 Å². The fourth-order valence-corrected chi connectivity index (χ4v) is 2.31. The number of aromatic nitrogens is 1. The van der Waals surface area contributed by atoms with Crippen LogP contribution in [0.1, 0.15) is 0 Å². The zero-order valence-electron chi connectivity index (χ0n) is 10.3. The number of nitrogens with one attached hydrogen (secondary N) is 1. The van der Waals surface area contributed by atoms with Gasteiger partial charge in [0.15, 0.2) is 0 Å². The SMILES string of the molecule is CO[C@H]1COC[C@@H]1Nc1nccc2ccccc12. The van der Waals surface area contributed by atoms with Crippen molar-refractivity contribution < 1.29 is 9.47 Å². The van der Waals surface area contributed by atoms with E-state index >= 15 is 0 Å². The highest BCUT2D eigenvalue weighted by molar-refractivity contribution is 5.91. The zero-order valence-corrected chi connectivity index (χ0v) is 10.3. The molecule has 2 atom stereocenters. The van der Waals surface area contributed by atoms with Crippen molar-refractivity contribution in [1.82, 2.24) is 4.98 Å². The highest BCUT2D eigenvalue weighted by atomic mass is 16.5. The number of anilines is 1. The first-order valence-corrected chi connectivity index (χ1v) is 6.09. The van der Waals surface area contributed by atoms with Gasteiger partial charge in [-0.15, -0.1) is 0 Å². The second-order valence-electron chi connectivity index (χ2n) is 4.44. The van der Waals surface area contributed by atoms with Crippen LogP contribution >= 0.6 is 0 Å². The van der Waals surface area contributed by atoms with Gasteiger partial charge in [0.1, 0.15) is 11.9 Å². The monoisotopic (exact) mass is 244 g/mol. The van der Waals surface area contributed by atoms with Crippen molar-refractivity contribution in [2.24, 2.45) is 0 Å². The Morgan fingerprint density at radius 2 is 2.17 bits per heavy atom. The van der Waals surface area contributed by atoms with Crippen molar-refractivity contribution in [2.75, 3.05) is 25.6 Å². The maximum absolute atomic E-state index is 5.43. The maximum Gasteiger partial charge on any atom is 0.134 e. The summed E-state index contributed by atoms with van der Waals surface area (Å²) in [7, 11) is 1.71. The standard InChI is InChI=1S/C14H16N2O2/c1-17-13-9-18-8-12(13)16-14-11-5-3-2-4-10(11)6-7-15-14/h2-7,12-13H,8-9H2,1H3,(H,15,16)/t12-,13-/m0/s1. The molecule has 0 spiro atoms.